The quantitative estimate of drug-likeness (QED) is 0.460. The predicted molar refractivity (Wildman–Crippen MR) is 119 cm³/mol. The van der Waals surface area contributed by atoms with Crippen LogP contribution in [-0.2, 0) is 10.0 Å². The third-order valence-corrected chi connectivity index (χ3v) is 5.91. The van der Waals surface area contributed by atoms with Gasteiger partial charge in [0.05, 0.1) is 16.3 Å². The molecule has 3 rings (SSSR count). The molecule has 0 saturated heterocycles. The first kappa shape index (κ1) is 21.3. The second-order valence-electron chi connectivity index (χ2n) is 6.96. The van der Waals surface area contributed by atoms with E-state index in [-0.39, 0.29) is 10.5 Å². The minimum absolute atomic E-state index is 0.00103. The summed E-state index contributed by atoms with van der Waals surface area (Å²) in [6, 6.07) is 20.7. The molecule has 0 aliphatic rings. The molecule has 0 aliphatic carbocycles. The number of sulfonamides is 1. The predicted octanol–water partition coefficient (Wildman–Crippen LogP) is 4.26. The molecule has 0 spiro atoms. The molecule has 0 unspecified atom stereocenters. The Bertz CT molecular complexity index is 1200. The molecule has 0 saturated carbocycles. The molecular formula is C23H23N3O3S. The van der Waals surface area contributed by atoms with Crippen LogP contribution in [0.5, 0.6) is 0 Å². The van der Waals surface area contributed by atoms with E-state index in [2.05, 4.69) is 15.2 Å². The third kappa shape index (κ3) is 5.12. The maximum absolute atomic E-state index is 12.8. The van der Waals surface area contributed by atoms with E-state index in [1.165, 1.54) is 18.2 Å². The van der Waals surface area contributed by atoms with Crippen molar-refractivity contribution in [2.45, 2.75) is 25.7 Å². The lowest BCUT2D eigenvalue weighted by Gasteiger charge is -2.12. The van der Waals surface area contributed by atoms with Gasteiger partial charge in [0.25, 0.3) is 15.9 Å². The minimum Gasteiger partial charge on any atom is -0.279 e. The van der Waals surface area contributed by atoms with Gasteiger partial charge in [-0.3, -0.25) is 9.52 Å². The van der Waals surface area contributed by atoms with Crippen LogP contribution in [0, 0.1) is 13.8 Å². The van der Waals surface area contributed by atoms with Crippen LogP contribution in [0.3, 0.4) is 0 Å². The zero-order chi connectivity index (χ0) is 21.7. The number of aryl methyl sites for hydroxylation is 2. The molecule has 6 nitrogen and oxygen atoms in total. The van der Waals surface area contributed by atoms with Crippen LogP contribution in [0.1, 0.15) is 34.0 Å². The Kier molecular flexibility index (Phi) is 6.32. The van der Waals surface area contributed by atoms with Crippen LogP contribution < -0.4 is 10.1 Å². The number of anilines is 1. The number of rotatable bonds is 6. The second kappa shape index (κ2) is 8.92. The smallest absolute Gasteiger partial charge is 0.271 e. The van der Waals surface area contributed by atoms with E-state index >= 15 is 0 Å². The fourth-order valence-corrected chi connectivity index (χ4v) is 4.06. The Morgan fingerprint density at radius 3 is 2.27 bits per heavy atom. The second-order valence-corrected chi connectivity index (χ2v) is 8.64. The lowest BCUT2D eigenvalue weighted by molar-refractivity contribution is 0.0954. The Morgan fingerprint density at radius 2 is 1.57 bits per heavy atom. The van der Waals surface area contributed by atoms with Crippen LogP contribution in [0.2, 0.25) is 0 Å². The summed E-state index contributed by atoms with van der Waals surface area (Å²) in [4.78, 5) is 12.5. The van der Waals surface area contributed by atoms with E-state index in [4.69, 9.17) is 0 Å². The zero-order valence-electron chi connectivity index (χ0n) is 17.0. The maximum Gasteiger partial charge on any atom is 0.271 e. The molecule has 0 atom stereocenters. The largest absolute Gasteiger partial charge is 0.279 e. The van der Waals surface area contributed by atoms with Gasteiger partial charge in [-0.25, -0.2) is 13.8 Å². The molecule has 3 aromatic rings. The van der Waals surface area contributed by atoms with E-state index in [1.807, 2.05) is 56.3 Å². The monoisotopic (exact) mass is 421 g/mol. The molecule has 7 heteroatoms. The Hall–Kier alpha value is -3.45. The number of hydrogen-bond donors (Lipinski definition) is 2. The Morgan fingerprint density at radius 1 is 0.867 bits per heavy atom. The standard InChI is InChI=1S/C23H23N3O3S/c1-16-12-13-22(17(2)14-16)26-30(28,29)21-11-7-10-20(15-21)23(27)25-24-18(3)19-8-5-4-6-9-19/h4-15,26H,1-3H3,(H,25,27)/b24-18-. The highest BCUT2D eigenvalue weighted by Gasteiger charge is 2.17. The van der Waals surface area contributed by atoms with Gasteiger partial charge in [-0.2, -0.15) is 5.10 Å². The summed E-state index contributed by atoms with van der Waals surface area (Å²) in [5.74, 6) is -0.492. The van der Waals surface area contributed by atoms with Crippen molar-refractivity contribution in [3.63, 3.8) is 0 Å². The molecule has 0 fully saturated rings. The number of nitrogens with one attached hydrogen (secondary N) is 2. The van der Waals surface area contributed by atoms with Crippen molar-refractivity contribution in [3.8, 4) is 0 Å². The van der Waals surface area contributed by atoms with Crippen molar-refractivity contribution in [1.29, 1.82) is 0 Å². The summed E-state index contributed by atoms with van der Waals surface area (Å²) < 4.78 is 28.2. The van der Waals surface area contributed by atoms with Gasteiger partial charge in [0.2, 0.25) is 0 Å². The molecule has 0 aliphatic heterocycles. The van der Waals surface area contributed by atoms with Gasteiger partial charge in [0.15, 0.2) is 0 Å². The van der Waals surface area contributed by atoms with Crippen LogP contribution >= 0.6 is 0 Å². The lowest BCUT2D eigenvalue weighted by atomic mass is 10.1. The van der Waals surface area contributed by atoms with Crippen LogP contribution in [0.25, 0.3) is 0 Å². The average Bonchev–Trinajstić information content (AvgIpc) is 2.74. The summed E-state index contributed by atoms with van der Waals surface area (Å²) in [5.41, 5.74) is 6.55. The summed E-state index contributed by atoms with van der Waals surface area (Å²) in [6.07, 6.45) is 0. The molecular weight excluding hydrogens is 398 g/mol. The zero-order valence-corrected chi connectivity index (χ0v) is 17.8. The van der Waals surface area contributed by atoms with Crippen molar-refractivity contribution in [1.82, 2.24) is 5.43 Å². The van der Waals surface area contributed by atoms with E-state index in [0.717, 1.165) is 16.7 Å². The Balaban J connectivity index is 1.78. The first-order valence-electron chi connectivity index (χ1n) is 9.36. The molecule has 0 radical (unpaired) electrons. The summed E-state index contributed by atoms with van der Waals surface area (Å²) in [7, 11) is -3.84. The van der Waals surface area contributed by atoms with E-state index in [9.17, 15) is 13.2 Å². The first-order valence-corrected chi connectivity index (χ1v) is 10.8. The van der Waals surface area contributed by atoms with Crippen molar-refractivity contribution in [2.75, 3.05) is 4.72 Å². The van der Waals surface area contributed by atoms with Gasteiger partial charge < -0.3 is 0 Å². The topological polar surface area (TPSA) is 87.6 Å². The number of hydrogen-bond acceptors (Lipinski definition) is 4. The van der Waals surface area contributed by atoms with Gasteiger partial charge in [-0.1, -0.05) is 54.1 Å². The van der Waals surface area contributed by atoms with Crippen molar-refractivity contribution < 1.29 is 13.2 Å². The van der Waals surface area contributed by atoms with E-state index in [0.29, 0.717) is 11.4 Å². The summed E-state index contributed by atoms with van der Waals surface area (Å²) in [5, 5.41) is 4.10. The normalized spacial score (nSPS) is 11.8. The number of hydrazone groups is 1. The fraction of sp³-hybridized carbons (Fsp3) is 0.130. The Labute approximate surface area is 176 Å². The van der Waals surface area contributed by atoms with Crippen molar-refractivity contribution in [3.05, 3.63) is 95.1 Å². The van der Waals surface area contributed by atoms with Crippen molar-refractivity contribution >= 4 is 27.3 Å². The van der Waals surface area contributed by atoms with Gasteiger partial charge in [-0.05, 0) is 56.2 Å². The fourth-order valence-electron chi connectivity index (χ4n) is 2.88. The van der Waals surface area contributed by atoms with Crippen LogP contribution in [0.4, 0.5) is 5.69 Å². The highest BCUT2D eigenvalue weighted by molar-refractivity contribution is 7.92. The SMILES string of the molecule is C/C(=N/NC(=O)c1cccc(S(=O)(=O)Nc2ccc(C)cc2C)c1)c1ccccc1. The summed E-state index contributed by atoms with van der Waals surface area (Å²) in [6.45, 7) is 5.56. The molecule has 30 heavy (non-hydrogen) atoms. The maximum atomic E-state index is 12.8. The van der Waals surface area contributed by atoms with Gasteiger partial charge in [0, 0.05) is 5.56 Å². The lowest BCUT2D eigenvalue weighted by Crippen LogP contribution is -2.20. The average molecular weight is 422 g/mol. The molecule has 0 heterocycles. The highest BCUT2D eigenvalue weighted by atomic mass is 32.2. The molecule has 154 valence electrons. The highest BCUT2D eigenvalue weighted by Crippen LogP contribution is 2.21. The van der Waals surface area contributed by atoms with Crippen LogP contribution in [0.15, 0.2) is 82.8 Å². The first-order chi connectivity index (χ1) is 14.3. The number of carbonyl (C=O) groups is 1. The number of nitrogens with zero attached hydrogens (tertiary/aromatic N) is 1. The number of amides is 1. The molecule has 3 aromatic carbocycles. The number of carbonyl (C=O) groups excluding carboxylic acids is 1. The molecule has 0 aromatic heterocycles. The summed E-state index contributed by atoms with van der Waals surface area (Å²) >= 11 is 0. The van der Waals surface area contributed by atoms with Gasteiger partial charge in [-0.15, -0.1) is 0 Å². The third-order valence-electron chi connectivity index (χ3n) is 4.55. The van der Waals surface area contributed by atoms with Crippen LogP contribution in [-0.4, -0.2) is 20.0 Å². The molecule has 1 amide bonds. The van der Waals surface area contributed by atoms with E-state index in [1.54, 1.807) is 19.1 Å². The molecule has 0 bridgehead atoms. The van der Waals surface area contributed by atoms with Gasteiger partial charge >= 0.3 is 0 Å². The van der Waals surface area contributed by atoms with Gasteiger partial charge in [0.1, 0.15) is 0 Å². The number of benzene rings is 3. The van der Waals surface area contributed by atoms with E-state index < -0.39 is 15.9 Å². The van der Waals surface area contributed by atoms with Crippen molar-refractivity contribution in [2.24, 2.45) is 5.10 Å². The minimum atomic E-state index is -3.84. The molecule has 2 N–H and O–H groups in total.